The SMILES string of the molecule is Oc1csnn1.P. The lowest BCUT2D eigenvalue weighted by Gasteiger charge is -1.63. The van der Waals surface area contributed by atoms with Gasteiger partial charge in [0.25, 0.3) is 0 Å². The minimum Gasteiger partial charge on any atom is -0.492 e. The summed E-state index contributed by atoms with van der Waals surface area (Å²) >= 11 is 1.13. The molecule has 1 aromatic heterocycles. The lowest BCUT2D eigenvalue weighted by Crippen LogP contribution is -1.58. The van der Waals surface area contributed by atoms with Crippen molar-refractivity contribution in [3.63, 3.8) is 0 Å². The van der Waals surface area contributed by atoms with Gasteiger partial charge < -0.3 is 5.11 Å². The molecule has 1 atom stereocenters. The first-order chi connectivity index (χ1) is 2.89. The summed E-state index contributed by atoms with van der Waals surface area (Å²) in [6.45, 7) is 0. The zero-order valence-electron chi connectivity index (χ0n) is 3.53. The number of hydrogen-bond donors (Lipinski definition) is 1. The molecule has 0 spiro atoms. The van der Waals surface area contributed by atoms with Crippen molar-refractivity contribution >= 4 is 21.4 Å². The minimum atomic E-state index is 0. The van der Waals surface area contributed by atoms with Gasteiger partial charge >= 0.3 is 0 Å². The molecule has 0 amide bonds. The van der Waals surface area contributed by atoms with Crippen LogP contribution in [0.2, 0.25) is 0 Å². The third kappa shape index (κ3) is 1.80. The predicted molar refractivity (Wildman–Crippen MR) is 32.7 cm³/mol. The summed E-state index contributed by atoms with van der Waals surface area (Å²) in [6, 6.07) is 0. The second-order valence-electron chi connectivity index (χ2n) is 0.763. The summed E-state index contributed by atoms with van der Waals surface area (Å²) in [5.74, 6) is 0.000000000000000222. The highest BCUT2D eigenvalue weighted by molar-refractivity contribution is 7.03. The van der Waals surface area contributed by atoms with Gasteiger partial charge in [-0.1, -0.05) is 9.59 Å². The van der Waals surface area contributed by atoms with Crippen LogP contribution in [0.25, 0.3) is 0 Å². The predicted octanol–water partition coefficient (Wildman–Crippen LogP) is 0.302. The number of aromatic hydroxyl groups is 1. The van der Waals surface area contributed by atoms with E-state index in [2.05, 4.69) is 9.59 Å². The molecule has 0 aromatic carbocycles. The third-order valence-electron chi connectivity index (χ3n) is 0.349. The molecule has 0 fully saturated rings. The maximum atomic E-state index is 8.31. The Hall–Kier alpha value is -0.210. The van der Waals surface area contributed by atoms with Crippen molar-refractivity contribution in [3.05, 3.63) is 5.38 Å². The van der Waals surface area contributed by atoms with Crippen LogP contribution in [0.5, 0.6) is 5.88 Å². The molecular formula is C2H5N2OPS. The standard InChI is InChI=1S/C2H2N2OS.H3P/c5-2-1-6-4-3-2;/h1,5H;1H3. The summed E-state index contributed by atoms with van der Waals surface area (Å²) < 4.78 is 3.36. The molecule has 1 aromatic rings. The monoisotopic (exact) mass is 136 g/mol. The van der Waals surface area contributed by atoms with Crippen molar-refractivity contribution < 1.29 is 5.11 Å². The fourth-order valence-electron chi connectivity index (χ4n) is 0.160. The molecule has 0 aliphatic heterocycles. The Morgan fingerprint density at radius 2 is 2.43 bits per heavy atom. The first kappa shape index (κ1) is 6.79. The van der Waals surface area contributed by atoms with Crippen LogP contribution >= 0.6 is 21.4 Å². The molecule has 3 nitrogen and oxygen atoms in total. The van der Waals surface area contributed by atoms with Crippen LogP contribution in [-0.2, 0) is 0 Å². The highest BCUT2D eigenvalue weighted by Crippen LogP contribution is 2.00. The Balaban J connectivity index is 0.000000360. The van der Waals surface area contributed by atoms with Gasteiger partial charge in [0.05, 0.1) is 5.38 Å². The molecule has 1 rings (SSSR count). The highest BCUT2D eigenvalue weighted by atomic mass is 32.1. The van der Waals surface area contributed by atoms with Crippen LogP contribution in [0.3, 0.4) is 0 Å². The third-order valence-corrected chi connectivity index (χ3v) is 0.841. The quantitative estimate of drug-likeness (QED) is 0.522. The van der Waals surface area contributed by atoms with Gasteiger partial charge in [-0.2, -0.15) is 9.90 Å². The van der Waals surface area contributed by atoms with E-state index in [4.69, 9.17) is 5.11 Å². The van der Waals surface area contributed by atoms with Gasteiger partial charge in [0.2, 0.25) is 5.88 Å². The van der Waals surface area contributed by atoms with Crippen LogP contribution in [0.1, 0.15) is 0 Å². The fourth-order valence-corrected chi connectivity index (χ4v) is 0.479. The van der Waals surface area contributed by atoms with E-state index in [0.29, 0.717) is 0 Å². The molecule has 0 saturated heterocycles. The molecule has 0 aliphatic rings. The summed E-state index contributed by atoms with van der Waals surface area (Å²) in [4.78, 5) is 0. The van der Waals surface area contributed by atoms with E-state index in [1.54, 1.807) is 0 Å². The van der Waals surface area contributed by atoms with Gasteiger partial charge in [0.15, 0.2) is 0 Å². The maximum absolute atomic E-state index is 8.31. The number of rotatable bonds is 0. The van der Waals surface area contributed by atoms with Gasteiger partial charge in [0, 0.05) is 0 Å². The molecule has 0 aliphatic carbocycles. The van der Waals surface area contributed by atoms with Crippen molar-refractivity contribution in [1.29, 1.82) is 0 Å². The summed E-state index contributed by atoms with van der Waals surface area (Å²) in [5, 5.41) is 13.0. The van der Waals surface area contributed by atoms with Crippen molar-refractivity contribution in [2.75, 3.05) is 0 Å². The lowest BCUT2D eigenvalue weighted by atomic mass is 10.9. The normalized spacial score (nSPS) is 7.43. The van der Waals surface area contributed by atoms with E-state index in [1.165, 1.54) is 5.38 Å². The van der Waals surface area contributed by atoms with Crippen LogP contribution in [0, 0.1) is 0 Å². The van der Waals surface area contributed by atoms with Gasteiger partial charge in [0.1, 0.15) is 0 Å². The molecule has 0 radical (unpaired) electrons. The van der Waals surface area contributed by atoms with Crippen LogP contribution in [0.15, 0.2) is 5.38 Å². The van der Waals surface area contributed by atoms with E-state index in [9.17, 15) is 0 Å². The maximum Gasteiger partial charge on any atom is 0.243 e. The molecule has 1 N–H and O–H groups in total. The molecule has 7 heavy (non-hydrogen) atoms. The lowest BCUT2D eigenvalue weighted by molar-refractivity contribution is 0.452. The molecule has 1 heterocycles. The van der Waals surface area contributed by atoms with Crippen molar-refractivity contribution in [1.82, 2.24) is 9.59 Å². The van der Waals surface area contributed by atoms with Crippen LogP contribution in [-0.4, -0.2) is 14.7 Å². The molecule has 0 saturated carbocycles. The molecule has 40 valence electrons. The average Bonchev–Trinajstić information content (AvgIpc) is 1.86. The number of nitrogens with zero attached hydrogens (tertiary/aromatic N) is 2. The summed E-state index contributed by atoms with van der Waals surface area (Å²) in [5.41, 5.74) is 0. The van der Waals surface area contributed by atoms with Gasteiger partial charge in [-0.05, 0) is 11.5 Å². The smallest absolute Gasteiger partial charge is 0.243 e. The van der Waals surface area contributed by atoms with Crippen LogP contribution in [0.4, 0.5) is 0 Å². The molecular weight excluding hydrogens is 131 g/mol. The van der Waals surface area contributed by atoms with Crippen molar-refractivity contribution in [3.8, 4) is 5.88 Å². The topological polar surface area (TPSA) is 46.0 Å². The minimum absolute atomic E-state index is 0. The Kier molecular flexibility index (Phi) is 2.79. The molecule has 1 unspecified atom stereocenters. The van der Waals surface area contributed by atoms with Crippen molar-refractivity contribution in [2.45, 2.75) is 0 Å². The van der Waals surface area contributed by atoms with Gasteiger partial charge in [-0.15, -0.1) is 0 Å². The zero-order chi connectivity index (χ0) is 4.41. The van der Waals surface area contributed by atoms with Crippen LogP contribution < -0.4 is 0 Å². The van der Waals surface area contributed by atoms with Gasteiger partial charge in [-0.3, -0.25) is 0 Å². The summed E-state index contributed by atoms with van der Waals surface area (Å²) in [7, 11) is 0. The Morgan fingerprint density at radius 1 is 1.71 bits per heavy atom. The van der Waals surface area contributed by atoms with Crippen molar-refractivity contribution in [2.24, 2.45) is 0 Å². The number of aromatic nitrogens is 2. The van der Waals surface area contributed by atoms with E-state index >= 15 is 0 Å². The largest absolute Gasteiger partial charge is 0.492 e. The molecule has 5 heteroatoms. The fraction of sp³-hybridized carbons (Fsp3) is 0. The first-order valence-electron chi connectivity index (χ1n) is 1.35. The highest BCUT2D eigenvalue weighted by Gasteiger charge is 1.81. The summed E-state index contributed by atoms with van der Waals surface area (Å²) in [6.07, 6.45) is 0. The Morgan fingerprint density at radius 3 is 2.57 bits per heavy atom. The van der Waals surface area contributed by atoms with E-state index in [1.807, 2.05) is 0 Å². The Labute approximate surface area is 48.2 Å². The first-order valence-corrected chi connectivity index (χ1v) is 2.19. The van der Waals surface area contributed by atoms with Gasteiger partial charge in [-0.25, -0.2) is 0 Å². The Bertz CT molecular complexity index is 119. The average molecular weight is 136 g/mol. The second-order valence-corrected chi connectivity index (χ2v) is 1.37. The zero-order valence-corrected chi connectivity index (χ0v) is 5.77. The molecule has 0 bridgehead atoms. The number of hydrogen-bond acceptors (Lipinski definition) is 4. The van der Waals surface area contributed by atoms with E-state index in [-0.39, 0.29) is 15.8 Å². The van der Waals surface area contributed by atoms with E-state index in [0.717, 1.165) is 11.5 Å². The second kappa shape index (κ2) is 2.88. The van der Waals surface area contributed by atoms with E-state index < -0.39 is 0 Å².